The second-order valence-corrected chi connectivity index (χ2v) is 5.64. The number of amides is 1. The molecule has 5 nitrogen and oxygen atoms in total. The van der Waals surface area contributed by atoms with E-state index < -0.39 is 5.97 Å². The number of aliphatic carboxylic acids is 1. The van der Waals surface area contributed by atoms with Crippen LogP contribution in [-0.2, 0) is 9.59 Å². The Bertz CT molecular complexity index is 296. The third kappa shape index (κ3) is 6.05. The van der Waals surface area contributed by atoms with E-state index in [2.05, 4.69) is 5.32 Å². The lowest BCUT2D eigenvalue weighted by Gasteiger charge is -2.40. The average molecular weight is 270 g/mol. The van der Waals surface area contributed by atoms with Crippen molar-refractivity contribution in [3.8, 4) is 0 Å². The fraction of sp³-hybridized carbons (Fsp3) is 0.857. The lowest BCUT2D eigenvalue weighted by atomic mass is 9.66. The molecule has 4 N–H and O–H groups in total. The molecule has 5 heteroatoms. The quantitative estimate of drug-likeness (QED) is 0.526. The van der Waals surface area contributed by atoms with Gasteiger partial charge in [-0.3, -0.25) is 9.59 Å². The highest BCUT2D eigenvalue weighted by Gasteiger charge is 2.37. The molecule has 1 rings (SSSR count). The maximum absolute atomic E-state index is 11.7. The number of hydrogen-bond acceptors (Lipinski definition) is 3. The van der Waals surface area contributed by atoms with Crippen LogP contribution in [0.4, 0.5) is 0 Å². The zero-order chi connectivity index (χ0) is 14.1. The minimum atomic E-state index is -0.735. The van der Waals surface area contributed by atoms with E-state index >= 15 is 0 Å². The molecule has 0 aliphatic heterocycles. The van der Waals surface area contributed by atoms with Crippen molar-refractivity contribution < 1.29 is 14.7 Å². The van der Waals surface area contributed by atoms with Gasteiger partial charge in [0.2, 0.25) is 5.91 Å². The molecule has 0 aromatic heterocycles. The first kappa shape index (κ1) is 16.0. The van der Waals surface area contributed by atoms with E-state index in [1.54, 1.807) is 0 Å². The van der Waals surface area contributed by atoms with Gasteiger partial charge in [0.15, 0.2) is 0 Å². The molecule has 1 saturated carbocycles. The molecule has 0 spiro atoms. The van der Waals surface area contributed by atoms with Crippen LogP contribution in [0.15, 0.2) is 0 Å². The lowest BCUT2D eigenvalue weighted by Crippen LogP contribution is -2.42. The maximum atomic E-state index is 11.7. The van der Waals surface area contributed by atoms with Crippen molar-refractivity contribution in [1.29, 1.82) is 0 Å². The molecular weight excluding hydrogens is 244 g/mol. The Kier molecular flexibility index (Phi) is 6.84. The zero-order valence-electron chi connectivity index (χ0n) is 11.6. The van der Waals surface area contributed by atoms with E-state index in [1.807, 2.05) is 0 Å². The smallest absolute Gasteiger partial charge is 0.303 e. The normalized spacial score (nSPS) is 16.7. The van der Waals surface area contributed by atoms with E-state index in [1.165, 1.54) is 6.42 Å². The van der Waals surface area contributed by atoms with Crippen molar-refractivity contribution in [2.24, 2.45) is 11.1 Å². The van der Waals surface area contributed by atoms with Crippen molar-refractivity contribution in [2.75, 3.05) is 13.1 Å². The topological polar surface area (TPSA) is 92.4 Å². The summed E-state index contributed by atoms with van der Waals surface area (Å²) in [6.07, 6.45) is 7.66. The fourth-order valence-electron chi connectivity index (χ4n) is 2.52. The highest BCUT2D eigenvalue weighted by molar-refractivity contribution is 5.76. The van der Waals surface area contributed by atoms with Gasteiger partial charge in [-0.2, -0.15) is 0 Å². The molecule has 1 amide bonds. The van der Waals surface area contributed by atoms with Gasteiger partial charge in [-0.1, -0.05) is 19.3 Å². The predicted octanol–water partition coefficient (Wildman–Crippen LogP) is 1.66. The van der Waals surface area contributed by atoms with E-state index in [9.17, 15) is 9.59 Å². The van der Waals surface area contributed by atoms with Gasteiger partial charge < -0.3 is 16.2 Å². The molecule has 1 aliphatic rings. The average Bonchev–Trinajstić information content (AvgIpc) is 2.32. The zero-order valence-corrected chi connectivity index (χ0v) is 11.6. The second-order valence-electron chi connectivity index (χ2n) is 5.64. The molecule has 1 fully saturated rings. The third-order valence-corrected chi connectivity index (χ3v) is 4.02. The highest BCUT2D eigenvalue weighted by atomic mass is 16.4. The molecule has 110 valence electrons. The maximum Gasteiger partial charge on any atom is 0.303 e. The first-order valence-electron chi connectivity index (χ1n) is 7.26. The van der Waals surface area contributed by atoms with Gasteiger partial charge in [-0.05, 0) is 37.6 Å². The molecule has 0 bridgehead atoms. The minimum Gasteiger partial charge on any atom is -0.481 e. The van der Waals surface area contributed by atoms with Crippen molar-refractivity contribution >= 4 is 11.9 Å². The van der Waals surface area contributed by atoms with E-state index in [4.69, 9.17) is 10.8 Å². The number of unbranched alkanes of at least 4 members (excludes halogenated alkanes) is 3. The number of carboxylic acids is 1. The number of nitrogens with two attached hydrogens (primary N) is 1. The Balaban J connectivity index is 1.97. The molecule has 0 aromatic rings. The van der Waals surface area contributed by atoms with Crippen LogP contribution in [0.1, 0.15) is 57.8 Å². The van der Waals surface area contributed by atoms with Gasteiger partial charge in [0.1, 0.15) is 0 Å². The molecule has 0 saturated heterocycles. The third-order valence-electron chi connectivity index (χ3n) is 4.02. The minimum absolute atomic E-state index is 0.0750. The number of rotatable bonds is 10. The summed E-state index contributed by atoms with van der Waals surface area (Å²) < 4.78 is 0. The van der Waals surface area contributed by atoms with E-state index in [0.717, 1.165) is 38.5 Å². The number of carboxylic acid groups (broad SMARTS) is 1. The molecular formula is C14H26N2O3. The fourth-order valence-corrected chi connectivity index (χ4v) is 2.52. The Morgan fingerprint density at radius 3 is 2.37 bits per heavy atom. The van der Waals surface area contributed by atoms with Crippen molar-refractivity contribution in [3.05, 3.63) is 0 Å². The van der Waals surface area contributed by atoms with Crippen molar-refractivity contribution in [2.45, 2.75) is 57.8 Å². The van der Waals surface area contributed by atoms with Crippen LogP contribution in [0.5, 0.6) is 0 Å². The van der Waals surface area contributed by atoms with Gasteiger partial charge in [0.05, 0.1) is 0 Å². The number of nitrogens with one attached hydrogen (secondary N) is 1. The summed E-state index contributed by atoms with van der Waals surface area (Å²) in [4.78, 5) is 22.0. The van der Waals surface area contributed by atoms with Crippen LogP contribution >= 0.6 is 0 Å². The van der Waals surface area contributed by atoms with Gasteiger partial charge in [-0.15, -0.1) is 0 Å². The van der Waals surface area contributed by atoms with E-state index in [-0.39, 0.29) is 17.7 Å². The van der Waals surface area contributed by atoms with Gasteiger partial charge in [-0.25, -0.2) is 0 Å². The Morgan fingerprint density at radius 2 is 1.84 bits per heavy atom. The van der Waals surface area contributed by atoms with Crippen LogP contribution in [-0.4, -0.2) is 30.1 Å². The SMILES string of the molecule is NCC1(CC(=O)NCCCCCCC(=O)O)CCC1. The molecule has 0 aromatic carbocycles. The Morgan fingerprint density at radius 1 is 1.16 bits per heavy atom. The number of hydrogen-bond donors (Lipinski definition) is 3. The summed E-state index contributed by atoms with van der Waals surface area (Å²) in [5, 5.41) is 11.4. The molecule has 0 atom stereocenters. The predicted molar refractivity (Wildman–Crippen MR) is 73.7 cm³/mol. The summed E-state index contributed by atoms with van der Waals surface area (Å²) in [5.41, 5.74) is 5.80. The van der Waals surface area contributed by atoms with E-state index in [0.29, 0.717) is 19.5 Å². The van der Waals surface area contributed by atoms with Crippen LogP contribution in [0.3, 0.4) is 0 Å². The standard InChI is InChI=1S/C14H26N2O3/c15-11-14(7-5-8-14)10-12(17)16-9-4-2-1-3-6-13(18)19/h1-11,15H2,(H,16,17)(H,18,19). The molecule has 0 heterocycles. The second kappa shape index (κ2) is 8.15. The van der Waals surface area contributed by atoms with Gasteiger partial charge >= 0.3 is 5.97 Å². The van der Waals surface area contributed by atoms with Crippen LogP contribution in [0, 0.1) is 5.41 Å². The monoisotopic (exact) mass is 270 g/mol. The summed E-state index contributed by atoms with van der Waals surface area (Å²) in [7, 11) is 0. The highest BCUT2D eigenvalue weighted by Crippen LogP contribution is 2.42. The van der Waals surface area contributed by atoms with Gasteiger partial charge in [0, 0.05) is 19.4 Å². The molecule has 19 heavy (non-hydrogen) atoms. The Labute approximate surface area is 114 Å². The molecule has 0 radical (unpaired) electrons. The van der Waals surface area contributed by atoms with Crippen LogP contribution in [0.25, 0.3) is 0 Å². The molecule has 1 aliphatic carbocycles. The summed E-state index contributed by atoms with van der Waals surface area (Å²) in [6, 6.07) is 0. The molecule has 0 unspecified atom stereocenters. The van der Waals surface area contributed by atoms with Gasteiger partial charge in [0.25, 0.3) is 0 Å². The van der Waals surface area contributed by atoms with Crippen molar-refractivity contribution in [3.63, 3.8) is 0 Å². The summed E-state index contributed by atoms with van der Waals surface area (Å²) in [6.45, 7) is 1.29. The van der Waals surface area contributed by atoms with Crippen LogP contribution in [0.2, 0.25) is 0 Å². The Hall–Kier alpha value is -1.10. The van der Waals surface area contributed by atoms with Crippen molar-refractivity contribution in [1.82, 2.24) is 5.32 Å². The first-order valence-corrected chi connectivity index (χ1v) is 7.26. The van der Waals surface area contributed by atoms with Crippen LogP contribution < -0.4 is 11.1 Å². The lowest BCUT2D eigenvalue weighted by molar-refractivity contribution is -0.137. The number of carbonyl (C=O) groups is 2. The number of carbonyl (C=O) groups excluding carboxylic acids is 1. The summed E-state index contributed by atoms with van der Waals surface area (Å²) >= 11 is 0. The largest absolute Gasteiger partial charge is 0.481 e. The first-order chi connectivity index (χ1) is 9.08. The summed E-state index contributed by atoms with van der Waals surface area (Å²) in [5.74, 6) is -0.628.